The lowest BCUT2D eigenvalue weighted by atomic mass is 9.89. The SMILES string of the molecule is COC(=O)N[C@H](C(=O)N1CC2(C[C@H]1c1nc3ccc4cc(-c5ccc6c(c5)CCc5nc(CCCCNC(=O)[C@H](NC(=O)OC)c7ccccc7)[nH]c5-6)ccc4c3[nH]1)OCCO2)C(C)C. The number of fused-ring (bicyclic) bond motifs is 6. The van der Waals surface area contributed by atoms with Crippen LogP contribution >= 0.6 is 0 Å². The van der Waals surface area contributed by atoms with Gasteiger partial charge in [-0.15, -0.1) is 0 Å². The van der Waals surface area contributed by atoms with Crippen molar-refractivity contribution in [3.63, 3.8) is 0 Å². The van der Waals surface area contributed by atoms with E-state index in [2.05, 4.69) is 68.4 Å². The van der Waals surface area contributed by atoms with Crippen LogP contribution in [0.25, 0.3) is 44.2 Å². The van der Waals surface area contributed by atoms with Gasteiger partial charge in [0.05, 0.1) is 62.4 Å². The highest BCUT2D eigenvalue weighted by atomic mass is 16.7. The first-order valence-electron chi connectivity index (χ1n) is 22.3. The monoisotopic (exact) mass is 882 g/mol. The van der Waals surface area contributed by atoms with Crippen LogP contribution in [0.3, 0.4) is 0 Å². The molecule has 2 fully saturated rings. The molecule has 4 amide bonds. The number of ether oxygens (including phenoxy) is 4. The molecule has 16 heteroatoms. The summed E-state index contributed by atoms with van der Waals surface area (Å²) in [6, 6.07) is 24.1. The van der Waals surface area contributed by atoms with Gasteiger partial charge in [-0.05, 0) is 71.4 Å². The summed E-state index contributed by atoms with van der Waals surface area (Å²) in [4.78, 5) is 70.2. The first kappa shape index (κ1) is 43.5. The Kier molecular flexibility index (Phi) is 12.3. The van der Waals surface area contributed by atoms with Crippen LogP contribution in [0.4, 0.5) is 9.59 Å². The average Bonchev–Trinajstić information content (AvgIpc) is 4.15. The molecule has 1 spiro atoms. The Morgan fingerprint density at radius 1 is 0.862 bits per heavy atom. The number of amides is 4. The molecule has 2 aliphatic heterocycles. The van der Waals surface area contributed by atoms with Crippen LogP contribution in [-0.4, -0.2) is 101 Å². The maximum absolute atomic E-state index is 14.1. The normalized spacial score (nSPS) is 17.2. The van der Waals surface area contributed by atoms with Crippen LogP contribution in [0.5, 0.6) is 0 Å². The number of hydrogen-bond acceptors (Lipinski definition) is 10. The molecule has 0 bridgehead atoms. The molecule has 2 saturated heterocycles. The molecule has 338 valence electrons. The topological polar surface area (TPSA) is 202 Å². The fraction of sp³-hybridized carbons (Fsp3) is 0.388. The number of hydrogen-bond donors (Lipinski definition) is 5. The number of nitrogens with zero attached hydrogens (tertiary/aromatic N) is 3. The number of aryl methyl sites for hydroxylation is 3. The molecule has 0 radical (unpaired) electrons. The third kappa shape index (κ3) is 8.87. The van der Waals surface area contributed by atoms with Crippen LogP contribution in [0, 0.1) is 5.92 Å². The van der Waals surface area contributed by atoms with Gasteiger partial charge < -0.3 is 49.8 Å². The highest BCUT2D eigenvalue weighted by molar-refractivity contribution is 6.05. The number of aromatic amines is 2. The van der Waals surface area contributed by atoms with Crippen molar-refractivity contribution in [3.05, 3.63) is 107 Å². The van der Waals surface area contributed by atoms with Gasteiger partial charge in [-0.2, -0.15) is 0 Å². The average molecular weight is 883 g/mol. The van der Waals surface area contributed by atoms with Crippen molar-refractivity contribution in [2.24, 2.45) is 5.92 Å². The molecule has 3 aliphatic rings. The lowest BCUT2D eigenvalue weighted by Crippen LogP contribution is -2.52. The zero-order chi connectivity index (χ0) is 45.2. The van der Waals surface area contributed by atoms with Gasteiger partial charge in [0, 0.05) is 30.3 Å². The minimum atomic E-state index is -0.941. The molecule has 3 atom stereocenters. The highest BCUT2D eigenvalue weighted by Crippen LogP contribution is 2.43. The summed E-state index contributed by atoms with van der Waals surface area (Å²) in [5, 5.41) is 10.4. The van der Waals surface area contributed by atoms with Gasteiger partial charge in [-0.3, -0.25) is 9.59 Å². The van der Waals surface area contributed by atoms with Gasteiger partial charge in [0.25, 0.3) is 0 Å². The molecule has 65 heavy (non-hydrogen) atoms. The van der Waals surface area contributed by atoms with E-state index in [4.69, 9.17) is 28.9 Å². The van der Waals surface area contributed by atoms with Crippen molar-refractivity contribution < 1.29 is 38.1 Å². The second-order valence-corrected chi connectivity index (χ2v) is 17.3. The van der Waals surface area contributed by atoms with Crippen LogP contribution in [0.1, 0.15) is 73.7 Å². The molecule has 4 heterocycles. The number of likely N-dealkylation sites (tertiary alicyclic amines) is 1. The van der Waals surface area contributed by atoms with Crippen LogP contribution in [0.2, 0.25) is 0 Å². The Morgan fingerprint density at radius 3 is 2.38 bits per heavy atom. The van der Waals surface area contributed by atoms with E-state index >= 15 is 0 Å². The van der Waals surface area contributed by atoms with Crippen molar-refractivity contribution >= 4 is 45.8 Å². The van der Waals surface area contributed by atoms with Gasteiger partial charge in [-0.1, -0.05) is 80.6 Å². The zero-order valence-electron chi connectivity index (χ0n) is 37.0. The van der Waals surface area contributed by atoms with Gasteiger partial charge >= 0.3 is 12.2 Å². The molecule has 16 nitrogen and oxygen atoms in total. The third-order valence-electron chi connectivity index (χ3n) is 12.7. The fourth-order valence-electron chi connectivity index (χ4n) is 9.38. The molecule has 0 saturated carbocycles. The van der Waals surface area contributed by atoms with Gasteiger partial charge in [-0.25, -0.2) is 19.6 Å². The quantitative estimate of drug-likeness (QED) is 0.0768. The summed E-state index contributed by atoms with van der Waals surface area (Å²) in [5.74, 6) is -0.122. The van der Waals surface area contributed by atoms with Crippen molar-refractivity contribution in [3.8, 4) is 22.4 Å². The van der Waals surface area contributed by atoms with E-state index in [1.807, 2.05) is 38.1 Å². The molecule has 2 aromatic heterocycles. The minimum Gasteiger partial charge on any atom is -0.453 e. The number of unbranched alkanes of at least 4 members (excludes halogenated alkanes) is 1. The molecular formula is C49H54N8O8. The smallest absolute Gasteiger partial charge is 0.407 e. The summed E-state index contributed by atoms with van der Waals surface area (Å²) in [7, 11) is 2.55. The second-order valence-electron chi connectivity index (χ2n) is 17.3. The number of nitrogens with one attached hydrogen (secondary N) is 5. The van der Waals surface area contributed by atoms with E-state index in [-0.39, 0.29) is 24.3 Å². The Balaban J connectivity index is 0.874. The molecule has 6 aromatic rings. The Labute approximate surface area is 376 Å². The van der Waals surface area contributed by atoms with Crippen LogP contribution in [-0.2, 0) is 47.8 Å². The maximum atomic E-state index is 14.1. The lowest BCUT2D eigenvalue weighted by molar-refractivity contribution is -0.153. The standard InChI is InChI=1S/C49H54N8O8/c1-28(2)40(55-47(60)62-3)46(59)57-27-49(64-22-23-65-49)26-38(57)44-52-37-20-16-33-25-31(14-18-35(33)43(37)54-44)30-13-17-34-32(24-30)15-19-36-42(34)53-39(51-36)12-8-9-21-50-45(58)41(56-48(61)63-4)29-10-6-5-7-11-29/h5-7,10-11,13-14,16-18,20,24-25,28,38,40-41H,8-9,12,15,19,21-23,26-27H2,1-4H3,(H,50,58)(H,51,53)(H,52,54)(H,55,60)(H,56,61)/t38-,40-,41+/m0/s1. The summed E-state index contributed by atoms with van der Waals surface area (Å²) in [6.07, 6.45) is 3.11. The van der Waals surface area contributed by atoms with Crippen molar-refractivity contribution in [2.45, 2.75) is 76.3 Å². The van der Waals surface area contributed by atoms with E-state index in [0.29, 0.717) is 37.6 Å². The van der Waals surface area contributed by atoms with E-state index in [1.54, 1.807) is 17.0 Å². The highest BCUT2D eigenvalue weighted by Gasteiger charge is 2.53. The van der Waals surface area contributed by atoms with Crippen LogP contribution < -0.4 is 16.0 Å². The molecule has 1 aliphatic carbocycles. The molecule has 0 unspecified atom stereocenters. The molecule has 5 N–H and O–H groups in total. The van der Waals surface area contributed by atoms with Gasteiger partial charge in [0.2, 0.25) is 11.8 Å². The number of carbonyl (C=O) groups is 4. The van der Waals surface area contributed by atoms with E-state index in [1.165, 1.54) is 19.8 Å². The largest absolute Gasteiger partial charge is 0.453 e. The first-order chi connectivity index (χ1) is 31.5. The van der Waals surface area contributed by atoms with E-state index < -0.39 is 36.1 Å². The number of alkyl carbamates (subject to hydrolysis) is 2. The summed E-state index contributed by atoms with van der Waals surface area (Å²) < 4.78 is 21.7. The van der Waals surface area contributed by atoms with E-state index in [9.17, 15) is 19.2 Å². The number of aromatic nitrogens is 4. The molecule has 9 rings (SSSR count). The molecule has 4 aromatic carbocycles. The zero-order valence-corrected chi connectivity index (χ0v) is 37.0. The summed E-state index contributed by atoms with van der Waals surface area (Å²) >= 11 is 0. The molecular weight excluding hydrogens is 829 g/mol. The van der Waals surface area contributed by atoms with Crippen molar-refractivity contribution in [2.75, 3.05) is 40.5 Å². The first-order valence-corrected chi connectivity index (χ1v) is 22.3. The number of methoxy groups -OCH3 is 2. The second kappa shape index (κ2) is 18.4. The van der Waals surface area contributed by atoms with Gasteiger partial charge in [0.1, 0.15) is 23.7 Å². The summed E-state index contributed by atoms with van der Waals surface area (Å²) in [5.41, 5.74) is 9.12. The Bertz CT molecular complexity index is 2740. The third-order valence-corrected chi connectivity index (χ3v) is 12.7. The number of rotatable bonds is 13. The van der Waals surface area contributed by atoms with Crippen molar-refractivity contribution in [1.29, 1.82) is 0 Å². The van der Waals surface area contributed by atoms with Crippen LogP contribution in [0.15, 0.2) is 78.9 Å². The number of H-pyrrole nitrogens is 2. The van der Waals surface area contributed by atoms with E-state index in [0.717, 1.165) is 87.8 Å². The summed E-state index contributed by atoms with van der Waals surface area (Å²) in [6.45, 7) is 5.32. The number of benzene rings is 4. The maximum Gasteiger partial charge on any atom is 0.407 e. The fourth-order valence-corrected chi connectivity index (χ4v) is 9.38. The lowest BCUT2D eigenvalue weighted by Gasteiger charge is -2.30. The number of imidazole rings is 2. The predicted molar refractivity (Wildman–Crippen MR) is 243 cm³/mol. The minimum absolute atomic E-state index is 0.194. The van der Waals surface area contributed by atoms with Crippen molar-refractivity contribution in [1.82, 2.24) is 40.8 Å². The number of carbonyl (C=O) groups excluding carboxylic acids is 4. The Morgan fingerprint density at radius 2 is 1.62 bits per heavy atom. The Hall–Kier alpha value is -6.78. The van der Waals surface area contributed by atoms with Gasteiger partial charge in [0.15, 0.2) is 5.79 Å². The predicted octanol–water partition coefficient (Wildman–Crippen LogP) is 6.81.